The van der Waals surface area contributed by atoms with Gasteiger partial charge in [0, 0.05) is 25.7 Å². The number of ether oxygens (including phenoxy) is 1. The summed E-state index contributed by atoms with van der Waals surface area (Å²) in [5.41, 5.74) is 1.07. The summed E-state index contributed by atoms with van der Waals surface area (Å²) in [5.74, 6) is -0.0986. The highest BCUT2D eigenvalue weighted by Gasteiger charge is 2.27. The molecule has 0 atom stereocenters. The number of hydrogen-bond donors (Lipinski definition) is 0. The van der Waals surface area contributed by atoms with E-state index in [1.54, 1.807) is 26.1 Å². The molecule has 0 saturated carbocycles. The minimum Gasteiger partial charge on any atom is -0.492 e. The molecule has 0 radical (unpaired) electrons. The number of benzene rings is 2. The molecule has 1 saturated heterocycles. The van der Waals surface area contributed by atoms with Gasteiger partial charge in [0.2, 0.25) is 10.0 Å². The second kappa shape index (κ2) is 9.57. The van der Waals surface area contributed by atoms with Crippen molar-refractivity contribution in [2.75, 3.05) is 33.3 Å². The lowest BCUT2D eigenvalue weighted by molar-refractivity contribution is 0.0773. The molecule has 3 rings (SSSR count). The molecule has 0 unspecified atom stereocenters. The van der Waals surface area contributed by atoms with Crippen molar-refractivity contribution in [1.29, 1.82) is 0 Å². The van der Waals surface area contributed by atoms with Gasteiger partial charge in [-0.1, -0.05) is 12.5 Å². The Balaban J connectivity index is 1.68. The monoisotopic (exact) mass is 434 g/mol. The van der Waals surface area contributed by atoms with Crippen LogP contribution in [0, 0.1) is 12.7 Å². The number of likely N-dealkylation sites (N-methyl/N-ethyl adjacent to an activating group) is 1. The standard InChI is InChI=1S/C22H27FN2O4S/c1-17-6-11-20(30(27,28)25-12-4-3-5-13-25)16-21(17)22(26)24(2)14-15-29-19-9-7-18(23)8-10-19/h6-11,16H,3-5,12-15H2,1-2H3. The molecule has 30 heavy (non-hydrogen) atoms. The number of piperidine rings is 1. The van der Waals surface area contributed by atoms with Crippen molar-refractivity contribution >= 4 is 15.9 Å². The molecule has 0 aliphatic carbocycles. The van der Waals surface area contributed by atoms with Crippen molar-refractivity contribution in [2.24, 2.45) is 0 Å². The topological polar surface area (TPSA) is 66.9 Å². The van der Waals surface area contributed by atoms with E-state index in [-0.39, 0.29) is 23.2 Å². The van der Waals surface area contributed by atoms with Crippen molar-refractivity contribution in [2.45, 2.75) is 31.1 Å². The fraction of sp³-hybridized carbons (Fsp3) is 0.409. The minimum absolute atomic E-state index is 0.148. The van der Waals surface area contributed by atoms with Crippen molar-refractivity contribution in [3.05, 3.63) is 59.4 Å². The molecule has 2 aromatic carbocycles. The highest BCUT2D eigenvalue weighted by atomic mass is 32.2. The van der Waals surface area contributed by atoms with E-state index in [4.69, 9.17) is 4.74 Å². The molecule has 8 heteroatoms. The molecule has 1 amide bonds. The number of aryl methyl sites for hydroxylation is 1. The smallest absolute Gasteiger partial charge is 0.254 e. The quantitative estimate of drug-likeness (QED) is 0.669. The van der Waals surface area contributed by atoms with Crippen LogP contribution in [0.3, 0.4) is 0 Å². The first-order chi connectivity index (χ1) is 14.3. The summed E-state index contributed by atoms with van der Waals surface area (Å²) in [6.45, 7) is 3.35. The Morgan fingerprint density at radius 1 is 1.10 bits per heavy atom. The van der Waals surface area contributed by atoms with Crippen molar-refractivity contribution < 1.29 is 22.3 Å². The molecule has 0 aromatic heterocycles. The third-order valence-corrected chi connectivity index (χ3v) is 7.14. The molecule has 0 N–H and O–H groups in total. The van der Waals surface area contributed by atoms with Gasteiger partial charge < -0.3 is 9.64 Å². The molecule has 162 valence electrons. The highest BCUT2D eigenvalue weighted by Crippen LogP contribution is 2.23. The van der Waals surface area contributed by atoms with Gasteiger partial charge in [-0.05, 0) is 61.7 Å². The van der Waals surface area contributed by atoms with E-state index in [9.17, 15) is 17.6 Å². The van der Waals surface area contributed by atoms with Gasteiger partial charge in [-0.3, -0.25) is 4.79 Å². The molecule has 0 spiro atoms. The first-order valence-corrected chi connectivity index (χ1v) is 11.5. The number of halogens is 1. The van der Waals surface area contributed by atoms with E-state index in [0.29, 0.717) is 36.5 Å². The molecule has 1 fully saturated rings. The number of carbonyl (C=O) groups excluding carboxylic acids is 1. The van der Waals surface area contributed by atoms with E-state index in [0.717, 1.165) is 19.3 Å². The zero-order valence-corrected chi connectivity index (χ0v) is 18.1. The number of nitrogens with zero attached hydrogens (tertiary/aromatic N) is 2. The van der Waals surface area contributed by atoms with Crippen LogP contribution >= 0.6 is 0 Å². The molecule has 2 aromatic rings. The van der Waals surface area contributed by atoms with Gasteiger partial charge in [0.05, 0.1) is 11.4 Å². The maximum atomic E-state index is 13.0. The molecule has 1 heterocycles. The Morgan fingerprint density at radius 2 is 1.77 bits per heavy atom. The summed E-state index contributed by atoms with van der Waals surface area (Å²) >= 11 is 0. The Hall–Kier alpha value is -2.45. The predicted octanol–water partition coefficient (Wildman–Crippen LogP) is 3.46. The number of carbonyl (C=O) groups is 1. The zero-order valence-electron chi connectivity index (χ0n) is 17.3. The maximum Gasteiger partial charge on any atom is 0.254 e. The summed E-state index contributed by atoms with van der Waals surface area (Å²) in [6, 6.07) is 10.4. The SMILES string of the molecule is Cc1ccc(S(=O)(=O)N2CCCCC2)cc1C(=O)N(C)CCOc1ccc(F)cc1. The largest absolute Gasteiger partial charge is 0.492 e. The van der Waals surface area contributed by atoms with Crippen LogP contribution in [0.5, 0.6) is 5.75 Å². The van der Waals surface area contributed by atoms with Crippen LogP contribution in [0.2, 0.25) is 0 Å². The molecular weight excluding hydrogens is 407 g/mol. The first-order valence-electron chi connectivity index (χ1n) is 10.0. The molecule has 1 aliphatic rings. The molecule has 0 bridgehead atoms. The fourth-order valence-electron chi connectivity index (χ4n) is 3.38. The average molecular weight is 435 g/mol. The van der Waals surface area contributed by atoms with E-state index in [1.165, 1.54) is 39.5 Å². The van der Waals surface area contributed by atoms with Crippen LogP contribution in [-0.4, -0.2) is 56.8 Å². The van der Waals surface area contributed by atoms with Crippen LogP contribution in [0.25, 0.3) is 0 Å². The van der Waals surface area contributed by atoms with Gasteiger partial charge in [0.25, 0.3) is 5.91 Å². The third-order valence-electron chi connectivity index (χ3n) is 5.25. The van der Waals surface area contributed by atoms with Crippen molar-refractivity contribution in [3.8, 4) is 5.75 Å². The van der Waals surface area contributed by atoms with Crippen molar-refractivity contribution in [3.63, 3.8) is 0 Å². The lowest BCUT2D eigenvalue weighted by atomic mass is 10.1. The van der Waals surface area contributed by atoms with Crippen LogP contribution in [0.15, 0.2) is 47.4 Å². The minimum atomic E-state index is -3.61. The van der Waals surface area contributed by atoms with E-state index < -0.39 is 10.0 Å². The van der Waals surface area contributed by atoms with Gasteiger partial charge in [-0.15, -0.1) is 0 Å². The summed E-state index contributed by atoms with van der Waals surface area (Å²) in [4.78, 5) is 14.6. The van der Waals surface area contributed by atoms with Crippen LogP contribution in [0.1, 0.15) is 35.2 Å². The van der Waals surface area contributed by atoms with Gasteiger partial charge in [-0.25, -0.2) is 12.8 Å². The van der Waals surface area contributed by atoms with E-state index >= 15 is 0 Å². The fourth-order valence-corrected chi connectivity index (χ4v) is 4.93. The van der Waals surface area contributed by atoms with E-state index in [2.05, 4.69) is 0 Å². The molecular formula is C22H27FN2O4S. The van der Waals surface area contributed by atoms with Crippen LogP contribution in [-0.2, 0) is 10.0 Å². The second-order valence-corrected chi connectivity index (χ2v) is 9.41. The summed E-state index contributed by atoms with van der Waals surface area (Å²) < 4.78 is 45.9. The first kappa shape index (κ1) is 22.2. The molecule has 1 aliphatic heterocycles. The number of sulfonamides is 1. The Kier molecular flexibility index (Phi) is 7.10. The summed E-state index contributed by atoms with van der Waals surface area (Å²) in [6.07, 6.45) is 2.75. The predicted molar refractivity (Wildman–Crippen MR) is 113 cm³/mol. The Bertz CT molecular complexity index is 987. The van der Waals surface area contributed by atoms with Gasteiger partial charge in [0.15, 0.2) is 0 Å². The zero-order chi connectivity index (χ0) is 21.7. The van der Waals surface area contributed by atoms with Crippen LogP contribution < -0.4 is 4.74 Å². The lowest BCUT2D eigenvalue weighted by Crippen LogP contribution is -2.36. The second-order valence-electron chi connectivity index (χ2n) is 7.47. The molecule has 6 nitrogen and oxygen atoms in total. The van der Waals surface area contributed by atoms with Gasteiger partial charge in [-0.2, -0.15) is 4.31 Å². The van der Waals surface area contributed by atoms with Gasteiger partial charge >= 0.3 is 0 Å². The van der Waals surface area contributed by atoms with Crippen LogP contribution in [0.4, 0.5) is 4.39 Å². The summed E-state index contributed by atoms with van der Waals surface area (Å²) in [5, 5.41) is 0. The highest BCUT2D eigenvalue weighted by molar-refractivity contribution is 7.89. The lowest BCUT2D eigenvalue weighted by Gasteiger charge is -2.26. The van der Waals surface area contributed by atoms with E-state index in [1.807, 2.05) is 0 Å². The normalized spacial score (nSPS) is 15.0. The third kappa shape index (κ3) is 5.17. The average Bonchev–Trinajstić information content (AvgIpc) is 2.75. The number of amides is 1. The Labute approximate surface area is 177 Å². The van der Waals surface area contributed by atoms with Gasteiger partial charge in [0.1, 0.15) is 18.2 Å². The maximum absolute atomic E-state index is 13.0. The summed E-state index contributed by atoms with van der Waals surface area (Å²) in [7, 11) is -1.97. The van der Waals surface area contributed by atoms with Crippen molar-refractivity contribution in [1.82, 2.24) is 9.21 Å². The Morgan fingerprint density at radius 3 is 2.43 bits per heavy atom. The number of hydrogen-bond acceptors (Lipinski definition) is 4. The number of rotatable bonds is 7.